The molecular formula is C43H60O25. The lowest BCUT2D eigenvalue weighted by Gasteiger charge is -2.49. The molecule has 18 atom stereocenters. The van der Waals surface area contributed by atoms with E-state index in [2.05, 4.69) is 0 Å². The fourth-order valence-electron chi connectivity index (χ4n) is 7.84. The number of hydrogen-bond acceptors (Lipinski definition) is 25. The molecule has 0 radical (unpaired) electrons. The van der Waals surface area contributed by atoms with Gasteiger partial charge in [-0.3, -0.25) is 43.2 Å². The second-order valence-corrected chi connectivity index (χ2v) is 16.2. The van der Waals surface area contributed by atoms with E-state index in [-0.39, 0.29) is 0 Å². The third-order valence-electron chi connectivity index (χ3n) is 10.6. The average Bonchev–Trinajstić information content (AvgIpc) is 3.21. The summed E-state index contributed by atoms with van der Waals surface area (Å²) in [5, 5.41) is 0. The molecule has 4 aliphatic rings. The van der Waals surface area contributed by atoms with Crippen molar-refractivity contribution in [2.24, 2.45) is 5.92 Å². The summed E-state index contributed by atoms with van der Waals surface area (Å²) in [5.41, 5.74) is 0. The van der Waals surface area contributed by atoms with Crippen LogP contribution in [0.3, 0.4) is 0 Å². The lowest BCUT2D eigenvalue weighted by molar-refractivity contribution is -0.377. The van der Waals surface area contributed by atoms with Crippen LogP contribution >= 0.6 is 0 Å². The molecule has 0 aliphatic carbocycles. The van der Waals surface area contributed by atoms with E-state index in [4.69, 9.17) is 75.8 Å². The average molecular weight is 977 g/mol. The quantitative estimate of drug-likeness (QED) is 0.142. The van der Waals surface area contributed by atoms with Gasteiger partial charge in [-0.2, -0.15) is 0 Å². The number of hydrogen-bond donors (Lipinski definition) is 0. The third kappa shape index (κ3) is 15.3. The van der Waals surface area contributed by atoms with Gasteiger partial charge in [0.2, 0.25) is 0 Å². The summed E-state index contributed by atoms with van der Waals surface area (Å²) in [4.78, 5) is 112. The molecule has 25 nitrogen and oxygen atoms in total. The largest absolute Gasteiger partial charge is 0.492 e. The Balaban J connectivity index is 1.90. The zero-order valence-corrected chi connectivity index (χ0v) is 39.7. The molecule has 0 bridgehead atoms. The summed E-state index contributed by atoms with van der Waals surface area (Å²) in [6.07, 6.45) is -22.5. The first-order chi connectivity index (χ1) is 31.9. The van der Waals surface area contributed by atoms with Crippen LogP contribution in [0.15, 0.2) is 12.3 Å². The van der Waals surface area contributed by atoms with Gasteiger partial charge in [0, 0.05) is 68.2 Å². The van der Waals surface area contributed by atoms with Crippen molar-refractivity contribution in [2.75, 3.05) is 13.2 Å². The molecule has 25 heteroatoms. The van der Waals surface area contributed by atoms with Crippen LogP contribution in [0.25, 0.3) is 0 Å². The van der Waals surface area contributed by atoms with E-state index < -0.39 is 177 Å². The molecule has 0 N–H and O–H groups in total. The van der Waals surface area contributed by atoms with E-state index in [1.54, 1.807) is 13.8 Å². The zero-order chi connectivity index (χ0) is 50.7. The lowest BCUT2D eigenvalue weighted by atomic mass is 9.90. The van der Waals surface area contributed by atoms with Crippen molar-refractivity contribution in [1.29, 1.82) is 0 Å². The molecule has 382 valence electrons. The van der Waals surface area contributed by atoms with Crippen LogP contribution in [0.4, 0.5) is 0 Å². The van der Waals surface area contributed by atoms with Crippen LogP contribution in [-0.2, 0) is 119 Å². The van der Waals surface area contributed by atoms with E-state index in [1.165, 1.54) is 19.3 Å². The molecule has 68 heavy (non-hydrogen) atoms. The molecule has 0 spiro atoms. The standard InChI is InChI=1S/C43H60O25/c1-17-18(2)56-42(38(63-27(11)51)32(17)58-22(6)46)68-40-37(62-26(10)50)35(60-24(8)48)31(16-55-21(5)45)66-43(40)67-34-29(13-14-53-30(34)15-54-20(4)44)65-41-39(64-28(12)52)36(61-25(9)49)33(19(3)57-41)59-23(7)47/h13-14,17-19,29-43H,15-16H2,1-12H3/t17-,18?,19?,29-,30?,31?,32?,33?,34?,35?,36-,37+,38+,39?,40?,41+,42?,43+/m1/s1. The summed E-state index contributed by atoms with van der Waals surface area (Å²) in [6, 6.07) is 0. The second-order valence-electron chi connectivity index (χ2n) is 16.2. The Morgan fingerprint density at radius 1 is 0.382 bits per heavy atom. The van der Waals surface area contributed by atoms with Crippen molar-refractivity contribution < 1.29 is 119 Å². The Morgan fingerprint density at radius 3 is 1.28 bits per heavy atom. The fourth-order valence-corrected chi connectivity index (χ4v) is 7.84. The van der Waals surface area contributed by atoms with Crippen molar-refractivity contribution in [3.8, 4) is 0 Å². The molecule has 4 heterocycles. The maximum atomic E-state index is 13.0. The molecule has 3 fully saturated rings. The van der Waals surface area contributed by atoms with Crippen molar-refractivity contribution in [3.05, 3.63) is 12.3 Å². The Morgan fingerprint density at radius 2 is 0.765 bits per heavy atom. The van der Waals surface area contributed by atoms with Gasteiger partial charge >= 0.3 is 53.7 Å². The highest BCUT2D eigenvalue weighted by atomic mass is 16.8. The van der Waals surface area contributed by atoms with E-state index in [0.717, 1.165) is 62.3 Å². The Labute approximate surface area is 391 Å². The number of esters is 9. The predicted molar refractivity (Wildman–Crippen MR) is 217 cm³/mol. The van der Waals surface area contributed by atoms with Gasteiger partial charge in [0.25, 0.3) is 0 Å². The molecule has 0 aromatic heterocycles. The number of carbonyl (C=O) groups is 9. The fraction of sp³-hybridized carbons (Fsp3) is 0.744. The van der Waals surface area contributed by atoms with Crippen LogP contribution in [0, 0.1) is 5.92 Å². The molecule has 11 unspecified atom stereocenters. The first kappa shape index (κ1) is 55.1. The van der Waals surface area contributed by atoms with Gasteiger partial charge in [-0.25, -0.2) is 0 Å². The highest BCUT2D eigenvalue weighted by molar-refractivity contribution is 5.70. The van der Waals surface area contributed by atoms with E-state index >= 15 is 0 Å². The first-order valence-corrected chi connectivity index (χ1v) is 21.6. The van der Waals surface area contributed by atoms with Crippen molar-refractivity contribution in [1.82, 2.24) is 0 Å². The molecular weight excluding hydrogens is 916 g/mol. The van der Waals surface area contributed by atoms with Gasteiger partial charge in [-0.1, -0.05) is 6.92 Å². The molecule has 4 rings (SSSR count). The Bertz CT molecular complexity index is 1870. The number of rotatable bonds is 17. The van der Waals surface area contributed by atoms with Crippen LogP contribution in [0.1, 0.15) is 83.1 Å². The van der Waals surface area contributed by atoms with E-state index in [1.807, 2.05) is 0 Å². The monoisotopic (exact) mass is 976 g/mol. The molecule has 0 aromatic carbocycles. The van der Waals surface area contributed by atoms with Gasteiger partial charge in [0.05, 0.1) is 18.5 Å². The highest BCUT2D eigenvalue weighted by Crippen LogP contribution is 2.38. The topological polar surface area (TPSA) is 301 Å². The maximum Gasteiger partial charge on any atom is 0.303 e. The van der Waals surface area contributed by atoms with Crippen LogP contribution in [0.2, 0.25) is 0 Å². The van der Waals surface area contributed by atoms with Gasteiger partial charge in [-0.05, 0) is 19.9 Å². The molecule has 4 aliphatic heterocycles. The maximum absolute atomic E-state index is 13.0. The van der Waals surface area contributed by atoms with Gasteiger partial charge in [0.1, 0.15) is 37.6 Å². The van der Waals surface area contributed by atoms with Crippen molar-refractivity contribution in [3.63, 3.8) is 0 Å². The minimum absolute atomic E-state index is 0.525. The smallest absolute Gasteiger partial charge is 0.303 e. The Kier molecular flexibility index (Phi) is 20.0. The summed E-state index contributed by atoms with van der Waals surface area (Å²) >= 11 is 0. The number of carbonyl (C=O) groups excluding carboxylic acids is 9. The minimum Gasteiger partial charge on any atom is -0.492 e. The summed E-state index contributed by atoms with van der Waals surface area (Å²) in [6.45, 7) is 13.4. The molecule has 0 aromatic rings. The van der Waals surface area contributed by atoms with E-state index in [0.29, 0.717) is 0 Å². The summed E-state index contributed by atoms with van der Waals surface area (Å²) in [5.74, 6) is -8.05. The van der Waals surface area contributed by atoms with E-state index in [9.17, 15) is 43.2 Å². The van der Waals surface area contributed by atoms with Gasteiger partial charge in [0.15, 0.2) is 67.7 Å². The molecule has 0 saturated carbocycles. The normalized spacial score (nSPS) is 35.5. The van der Waals surface area contributed by atoms with Crippen LogP contribution < -0.4 is 0 Å². The van der Waals surface area contributed by atoms with Gasteiger partial charge < -0.3 is 75.8 Å². The minimum atomic E-state index is -1.88. The summed E-state index contributed by atoms with van der Waals surface area (Å²) < 4.78 is 94.1. The molecule has 3 saturated heterocycles. The highest BCUT2D eigenvalue weighted by Gasteiger charge is 2.58. The van der Waals surface area contributed by atoms with Crippen molar-refractivity contribution in [2.45, 2.75) is 187 Å². The van der Waals surface area contributed by atoms with Crippen LogP contribution in [0.5, 0.6) is 0 Å². The van der Waals surface area contributed by atoms with Gasteiger partial charge in [-0.15, -0.1) is 0 Å². The molecule has 0 amide bonds. The summed E-state index contributed by atoms with van der Waals surface area (Å²) in [7, 11) is 0. The van der Waals surface area contributed by atoms with Crippen molar-refractivity contribution >= 4 is 53.7 Å². The second kappa shape index (κ2) is 24.7. The first-order valence-electron chi connectivity index (χ1n) is 21.6. The van der Waals surface area contributed by atoms with Crippen LogP contribution in [-0.4, -0.2) is 171 Å². The SMILES string of the molecule is CC(=O)OCC1O[C@@H](OC2C(COC(C)=O)OC=C[C@H]2O[C@@H]2OC(C)C(OC(C)=O)[C@@H](OC(C)=O)C2OC(C)=O)C(OC2OC(C)[C@@H](C)C(OC(C)=O)[C@@H]2OC(C)=O)[C@@H](OC(C)=O)C1OC(C)=O. The lowest BCUT2D eigenvalue weighted by Crippen LogP contribution is -2.66. The third-order valence-corrected chi connectivity index (χ3v) is 10.6. The predicted octanol–water partition coefficient (Wildman–Crippen LogP) is 0.553. The Hall–Kier alpha value is -5.47. The zero-order valence-electron chi connectivity index (χ0n) is 39.7. The number of ether oxygens (including phenoxy) is 16.